The van der Waals surface area contributed by atoms with Crippen LogP contribution in [-0.2, 0) is 9.59 Å². The number of thiazole rings is 1. The maximum absolute atomic E-state index is 13.4. The van der Waals surface area contributed by atoms with E-state index in [1.807, 2.05) is 55.5 Å². The SMILES string of the molecule is CCOc1ccc2nc(N3C(=O)C(=O)C(=C(O)c4ccc5c(c4)OCCO5)[C@@H]3c3ccccc3)sc2c1. The number of aromatic nitrogens is 1. The van der Waals surface area contributed by atoms with E-state index in [1.165, 1.54) is 16.2 Å². The molecule has 9 heteroatoms. The Balaban J connectivity index is 1.50. The normalized spacial score (nSPS) is 18.4. The number of amides is 1. The summed E-state index contributed by atoms with van der Waals surface area (Å²) in [6, 6.07) is 18.7. The van der Waals surface area contributed by atoms with E-state index >= 15 is 0 Å². The summed E-state index contributed by atoms with van der Waals surface area (Å²) in [5.74, 6) is -0.0924. The number of hydrogen-bond donors (Lipinski definition) is 1. The number of nitrogens with zero attached hydrogens (tertiary/aromatic N) is 2. The molecule has 37 heavy (non-hydrogen) atoms. The molecule has 8 nitrogen and oxygen atoms in total. The predicted octanol–water partition coefficient (Wildman–Crippen LogP) is 5.09. The molecule has 2 aliphatic rings. The first-order valence-electron chi connectivity index (χ1n) is 11.8. The first-order valence-corrected chi connectivity index (χ1v) is 12.7. The molecule has 0 bridgehead atoms. The standard InChI is InChI=1S/C28H22N2O6S/c1-2-34-18-9-10-19-22(15-18)37-28(29-19)30-24(16-6-4-3-5-7-16)23(26(32)27(30)33)25(31)17-8-11-20-21(14-17)36-13-12-35-20/h3-11,14-15,24,31H,2,12-13H2,1H3/t24-/m0/s1. The maximum atomic E-state index is 13.4. The van der Waals surface area contributed by atoms with E-state index in [2.05, 4.69) is 4.98 Å². The first-order chi connectivity index (χ1) is 18.0. The van der Waals surface area contributed by atoms with Crippen molar-refractivity contribution in [2.75, 3.05) is 24.7 Å². The highest BCUT2D eigenvalue weighted by atomic mass is 32.1. The lowest BCUT2D eigenvalue weighted by molar-refractivity contribution is -0.132. The molecular weight excluding hydrogens is 492 g/mol. The molecule has 0 spiro atoms. The molecule has 4 aromatic rings. The number of carbonyl (C=O) groups excluding carboxylic acids is 2. The highest BCUT2D eigenvalue weighted by Crippen LogP contribution is 2.45. The predicted molar refractivity (Wildman–Crippen MR) is 139 cm³/mol. The van der Waals surface area contributed by atoms with Crippen molar-refractivity contribution in [2.45, 2.75) is 13.0 Å². The Hall–Kier alpha value is -4.37. The molecule has 1 amide bonds. The van der Waals surface area contributed by atoms with Crippen LogP contribution in [0.2, 0.25) is 0 Å². The van der Waals surface area contributed by atoms with Crippen molar-refractivity contribution in [3.05, 3.63) is 83.4 Å². The van der Waals surface area contributed by atoms with Crippen molar-refractivity contribution in [1.29, 1.82) is 0 Å². The molecular formula is C28H22N2O6S. The number of ether oxygens (including phenoxy) is 3. The number of ketones is 1. The number of rotatable bonds is 5. The maximum Gasteiger partial charge on any atom is 0.301 e. The van der Waals surface area contributed by atoms with Gasteiger partial charge >= 0.3 is 5.91 Å². The lowest BCUT2D eigenvalue weighted by Gasteiger charge is -2.23. The Morgan fingerprint density at radius 2 is 1.84 bits per heavy atom. The lowest BCUT2D eigenvalue weighted by Crippen LogP contribution is -2.29. The molecule has 1 N–H and O–H groups in total. The van der Waals surface area contributed by atoms with Crippen LogP contribution in [0, 0.1) is 0 Å². The third-order valence-corrected chi connectivity index (χ3v) is 7.26. The van der Waals surface area contributed by atoms with Crippen molar-refractivity contribution in [3.63, 3.8) is 0 Å². The quantitative estimate of drug-likeness (QED) is 0.225. The summed E-state index contributed by atoms with van der Waals surface area (Å²) in [5, 5.41) is 11.8. The van der Waals surface area contributed by atoms with Gasteiger partial charge in [-0.1, -0.05) is 41.7 Å². The minimum atomic E-state index is -0.860. The van der Waals surface area contributed by atoms with Crippen molar-refractivity contribution in [3.8, 4) is 17.2 Å². The molecule has 186 valence electrons. The van der Waals surface area contributed by atoms with Crippen molar-refractivity contribution in [1.82, 2.24) is 4.98 Å². The summed E-state index contributed by atoms with van der Waals surface area (Å²) in [6.07, 6.45) is 0. The zero-order valence-corrected chi connectivity index (χ0v) is 20.7. The fourth-order valence-corrected chi connectivity index (χ4v) is 5.60. The van der Waals surface area contributed by atoms with Crippen LogP contribution in [0.5, 0.6) is 17.2 Å². The van der Waals surface area contributed by atoms with Crippen molar-refractivity contribution >= 4 is 44.1 Å². The largest absolute Gasteiger partial charge is 0.507 e. The van der Waals surface area contributed by atoms with Gasteiger partial charge < -0.3 is 19.3 Å². The molecule has 0 unspecified atom stereocenters. The van der Waals surface area contributed by atoms with Crippen LogP contribution in [-0.4, -0.2) is 41.6 Å². The van der Waals surface area contributed by atoms with Crippen LogP contribution in [0.25, 0.3) is 16.0 Å². The van der Waals surface area contributed by atoms with Gasteiger partial charge in [-0.2, -0.15) is 0 Å². The minimum absolute atomic E-state index is 0.0119. The third-order valence-electron chi connectivity index (χ3n) is 6.24. The Morgan fingerprint density at radius 1 is 1.05 bits per heavy atom. The molecule has 3 aromatic carbocycles. The zero-order valence-electron chi connectivity index (χ0n) is 19.8. The molecule has 6 rings (SSSR count). The van der Waals surface area contributed by atoms with Gasteiger partial charge in [-0.3, -0.25) is 14.5 Å². The van der Waals surface area contributed by atoms with Crippen LogP contribution in [0.15, 0.2) is 72.3 Å². The molecule has 0 saturated carbocycles. The number of aliphatic hydroxyl groups excluding tert-OH is 1. The van der Waals surface area contributed by atoms with Crippen LogP contribution >= 0.6 is 11.3 Å². The number of aliphatic hydroxyl groups is 1. The van der Waals surface area contributed by atoms with Gasteiger partial charge in [-0.25, -0.2) is 4.98 Å². The third kappa shape index (κ3) is 3.97. The smallest absolute Gasteiger partial charge is 0.301 e. The first kappa shape index (κ1) is 23.1. The summed E-state index contributed by atoms with van der Waals surface area (Å²) in [5.41, 5.74) is 1.70. The monoisotopic (exact) mass is 514 g/mol. The van der Waals surface area contributed by atoms with Crippen LogP contribution in [0.1, 0.15) is 24.1 Å². The number of carbonyl (C=O) groups is 2. The molecule has 0 aliphatic carbocycles. The van der Waals surface area contributed by atoms with Crippen LogP contribution in [0.4, 0.5) is 5.13 Å². The van der Waals surface area contributed by atoms with Gasteiger partial charge in [-0.15, -0.1) is 0 Å². The molecule has 3 heterocycles. The van der Waals surface area contributed by atoms with E-state index in [9.17, 15) is 14.7 Å². The van der Waals surface area contributed by atoms with E-state index < -0.39 is 17.7 Å². The van der Waals surface area contributed by atoms with Gasteiger partial charge in [0.25, 0.3) is 5.78 Å². The van der Waals surface area contributed by atoms with E-state index in [0.717, 1.165) is 4.70 Å². The highest BCUT2D eigenvalue weighted by molar-refractivity contribution is 7.22. The van der Waals surface area contributed by atoms with Crippen molar-refractivity contribution in [2.24, 2.45) is 0 Å². The van der Waals surface area contributed by atoms with Crippen LogP contribution in [0.3, 0.4) is 0 Å². The number of anilines is 1. The molecule has 2 aliphatic heterocycles. The van der Waals surface area contributed by atoms with Gasteiger partial charge in [0, 0.05) is 5.56 Å². The van der Waals surface area contributed by atoms with Gasteiger partial charge in [0.2, 0.25) is 0 Å². The minimum Gasteiger partial charge on any atom is -0.507 e. The number of hydrogen-bond acceptors (Lipinski definition) is 8. The lowest BCUT2D eigenvalue weighted by atomic mass is 9.95. The van der Waals surface area contributed by atoms with E-state index in [1.54, 1.807) is 18.2 Å². The van der Waals surface area contributed by atoms with Gasteiger partial charge in [0.05, 0.1) is 28.4 Å². The Bertz CT molecular complexity index is 1560. The van der Waals surface area contributed by atoms with Gasteiger partial charge in [-0.05, 0) is 48.9 Å². The van der Waals surface area contributed by atoms with Gasteiger partial charge in [0.15, 0.2) is 16.6 Å². The van der Waals surface area contributed by atoms with E-state index in [0.29, 0.717) is 58.8 Å². The molecule has 1 saturated heterocycles. The summed E-state index contributed by atoms with van der Waals surface area (Å²) in [7, 11) is 0. The topological polar surface area (TPSA) is 98.2 Å². The Labute approximate surface area is 216 Å². The summed E-state index contributed by atoms with van der Waals surface area (Å²) in [6.45, 7) is 3.25. The van der Waals surface area contributed by atoms with Crippen LogP contribution < -0.4 is 19.1 Å². The van der Waals surface area contributed by atoms with Crippen molar-refractivity contribution < 1.29 is 28.9 Å². The summed E-state index contributed by atoms with van der Waals surface area (Å²) >= 11 is 1.29. The second-order valence-electron chi connectivity index (χ2n) is 8.50. The average molecular weight is 515 g/mol. The van der Waals surface area contributed by atoms with E-state index in [-0.39, 0.29) is 11.3 Å². The molecule has 1 fully saturated rings. The Morgan fingerprint density at radius 3 is 2.62 bits per heavy atom. The number of Topliss-reactive ketones (excluding diaryl/α,β-unsaturated/α-hetero) is 1. The second-order valence-corrected chi connectivity index (χ2v) is 9.51. The zero-order chi connectivity index (χ0) is 25.5. The summed E-state index contributed by atoms with van der Waals surface area (Å²) < 4.78 is 17.6. The summed E-state index contributed by atoms with van der Waals surface area (Å²) in [4.78, 5) is 32.9. The molecule has 1 aromatic heterocycles. The fourth-order valence-electron chi connectivity index (χ4n) is 4.58. The number of benzene rings is 3. The fraction of sp³-hybridized carbons (Fsp3) is 0.179. The Kier molecular flexibility index (Phi) is 5.77. The molecule has 0 radical (unpaired) electrons. The highest BCUT2D eigenvalue weighted by Gasteiger charge is 2.48. The second kappa shape index (κ2) is 9.25. The molecule has 1 atom stereocenters. The van der Waals surface area contributed by atoms with E-state index in [4.69, 9.17) is 14.2 Å². The average Bonchev–Trinajstić information content (AvgIpc) is 3.46. The van der Waals surface area contributed by atoms with Gasteiger partial charge in [0.1, 0.15) is 24.7 Å². The number of fused-ring (bicyclic) bond motifs is 2.